The van der Waals surface area contributed by atoms with Crippen molar-refractivity contribution < 1.29 is 13.9 Å². The summed E-state index contributed by atoms with van der Waals surface area (Å²) in [5, 5.41) is 0. The first kappa shape index (κ1) is 9.31. The van der Waals surface area contributed by atoms with E-state index in [0.717, 1.165) is 12.3 Å². The van der Waals surface area contributed by atoms with E-state index in [1.807, 2.05) is 0 Å². The Labute approximate surface area is 83.0 Å². The van der Waals surface area contributed by atoms with Crippen LogP contribution in [0.1, 0.15) is 36.2 Å². The molecule has 0 aliphatic heterocycles. The largest absolute Gasteiger partial charge is 0.465 e. The van der Waals surface area contributed by atoms with Crippen LogP contribution in [0.3, 0.4) is 0 Å². The van der Waals surface area contributed by atoms with Crippen LogP contribution < -0.4 is 4.74 Å². The van der Waals surface area contributed by atoms with Crippen molar-refractivity contribution in [2.24, 2.45) is 5.92 Å². The highest BCUT2D eigenvalue weighted by molar-refractivity contribution is 5.70. The fourth-order valence-corrected chi connectivity index (χ4v) is 1.58. The van der Waals surface area contributed by atoms with Crippen LogP contribution in [0.4, 0.5) is 0 Å². The van der Waals surface area contributed by atoms with E-state index in [2.05, 4.69) is 0 Å². The molecule has 1 aromatic heterocycles. The summed E-state index contributed by atoms with van der Waals surface area (Å²) < 4.78 is 10.4. The number of ether oxygens (including phenoxy) is 1. The molecule has 0 unspecified atom stereocenters. The summed E-state index contributed by atoms with van der Waals surface area (Å²) in [6.45, 7) is 0.691. The standard InChI is InChI=1S/C11H14O3/c12-8-10-4-5-11(14-10)13-7-6-9-2-1-3-9/h4-5,8-9H,1-3,6-7H2. The fourth-order valence-electron chi connectivity index (χ4n) is 1.58. The van der Waals surface area contributed by atoms with Gasteiger partial charge >= 0.3 is 0 Å². The zero-order valence-electron chi connectivity index (χ0n) is 8.07. The Morgan fingerprint density at radius 3 is 2.93 bits per heavy atom. The van der Waals surface area contributed by atoms with Gasteiger partial charge in [0.05, 0.1) is 6.61 Å². The minimum Gasteiger partial charge on any atom is -0.465 e. The summed E-state index contributed by atoms with van der Waals surface area (Å²) in [7, 11) is 0. The van der Waals surface area contributed by atoms with Gasteiger partial charge in [0.15, 0.2) is 12.0 Å². The van der Waals surface area contributed by atoms with E-state index in [9.17, 15) is 4.79 Å². The smallest absolute Gasteiger partial charge is 0.284 e. The molecule has 1 aromatic rings. The van der Waals surface area contributed by atoms with Gasteiger partial charge in [-0.1, -0.05) is 19.3 Å². The highest BCUT2D eigenvalue weighted by Crippen LogP contribution is 2.29. The molecule has 0 radical (unpaired) electrons. The monoisotopic (exact) mass is 194 g/mol. The Morgan fingerprint density at radius 2 is 2.36 bits per heavy atom. The van der Waals surface area contributed by atoms with Crippen molar-refractivity contribution in [2.75, 3.05) is 6.61 Å². The number of rotatable bonds is 5. The van der Waals surface area contributed by atoms with E-state index in [1.165, 1.54) is 19.3 Å². The number of carbonyl (C=O) groups excluding carboxylic acids is 1. The Kier molecular flexibility index (Phi) is 2.87. The zero-order valence-corrected chi connectivity index (χ0v) is 8.07. The highest BCUT2D eigenvalue weighted by atomic mass is 16.6. The van der Waals surface area contributed by atoms with Gasteiger partial charge in [0, 0.05) is 6.07 Å². The maximum atomic E-state index is 10.3. The van der Waals surface area contributed by atoms with Crippen LogP contribution >= 0.6 is 0 Å². The second kappa shape index (κ2) is 4.31. The first-order valence-electron chi connectivity index (χ1n) is 5.06. The van der Waals surface area contributed by atoms with Crippen molar-refractivity contribution >= 4 is 6.29 Å². The third-order valence-electron chi connectivity index (χ3n) is 2.71. The summed E-state index contributed by atoms with van der Waals surface area (Å²) in [5.41, 5.74) is 0. The molecule has 3 heteroatoms. The third-order valence-corrected chi connectivity index (χ3v) is 2.71. The van der Waals surface area contributed by atoms with Crippen molar-refractivity contribution in [1.29, 1.82) is 0 Å². The SMILES string of the molecule is O=Cc1ccc(OCCC2CCC2)o1. The maximum Gasteiger partial charge on any atom is 0.284 e. The van der Waals surface area contributed by atoms with Gasteiger partial charge in [-0.25, -0.2) is 0 Å². The Hall–Kier alpha value is -1.25. The van der Waals surface area contributed by atoms with Gasteiger partial charge in [-0.15, -0.1) is 0 Å². The van der Waals surface area contributed by atoms with E-state index in [-0.39, 0.29) is 0 Å². The van der Waals surface area contributed by atoms with Crippen LogP contribution in [-0.2, 0) is 0 Å². The molecule has 0 bridgehead atoms. The fraction of sp³-hybridized carbons (Fsp3) is 0.545. The number of aldehydes is 1. The summed E-state index contributed by atoms with van der Waals surface area (Å²) in [6.07, 6.45) is 5.80. The van der Waals surface area contributed by atoms with Crippen molar-refractivity contribution in [2.45, 2.75) is 25.7 Å². The predicted octanol–water partition coefficient (Wildman–Crippen LogP) is 2.66. The second-order valence-electron chi connectivity index (χ2n) is 3.71. The lowest BCUT2D eigenvalue weighted by molar-refractivity contribution is 0.108. The van der Waals surface area contributed by atoms with E-state index in [1.54, 1.807) is 12.1 Å². The van der Waals surface area contributed by atoms with E-state index < -0.39 is 0 Å². The van der Waals surface area contributed by atoms with Crippen LogP contribution in [0.2, 0.25) is 0 Å². The summed E-state index contributed by atoms with van der Waals surface area (Å²) >= 11 is 0. The highest BCUT2D eigenvalue weighted by Gasteiger charge is 2.17. The van der Waals surface area contributed by atoms with Crippen molar-refractivity contribution in [1.82, 2.24) is 0 Å². The maximum absolute atomic E-state index is 10.3. The normalized spacial score (nSPS) is 16.3. The van der Waals surface area contributed by atoms with Gasteiger partial charge in [0.2, 0.25) is 0 Å². The summed E-state index contributed by atoms with van der Waals surface area (Å²) in [5.74, 6) is 1.62. The quantitative estimate of drug-likeness (QED) is 0.676. The number of furan rings is 1. The topological polar surface area (TPSA) is 39.4 Å². The lowest BCUT2D eigenvalue weighted by atomic mass is 9.83. The van der Waals surface area contributed by atoms with Gasteiger partial charge in [-0.2, -0.15) is 0 Å². The van der Waals surface area contributed by atoms with Gasteiger partial charge in [-0.3, -0.25) is 4.79 Å². The summed E-state index contributed by atoms with van der Waals surface area (Å²) in [4.78, 5) is 10.3. The van der Waals surface area contributed by atoms with Crippen molar-refractivity contribution in [3.8, 4) is 5.95 Å². The zero-order chi connectivity index (χ0) is 9.80. The lowest BCUT2D eigenvalue weighted by Crippen LogP contribution is -2.14. The average molecular weight is 194 g/mol. The molecule has 0 saturated heterocycles. The molecule has 1 fully saturated rings. The van der Waals surface area contributed by atoms with Crippen LogP contribution in [0, 0.1) is 5.92 Å². The van der Waals surface area contributed by atoms with Gasteiger partial charge in [0.1, 0.15) is 0 Å². The molecule has 1 aliphatic rings. The summed E-state index contributed by atoms with van der Waals surface area (Å²) in [6, 6.07) is 3.30. The molecule has 1 saturated carbocycles. The number of hydrogen-bond acceptors (Lipinski definition) is 3. The molecule has 0 atom stereocenters. The predicted molar refractivity (Wildman–Crippen MR) is 51.5 cm³/mol. The van der Waals surface area contributed by atoms with E-state index in [4.69, 9.17) is 9.15 Å². The lowest BCUT2D eigenvalue weighted by Gasteiger charge is -2.24. The Morgan fingerprint density at radius 1 is 1.50 bits per heavy atom. The molecule has 14 heavy (non-hydrogen) atoms. The first-order chi connectivity index (χ1) is 6.88. The van der Waals surface area contributed by atoms with Crippen molar-refractivity contribution in [3.05, 3.63) is 17.9 Å². The van der Waals surface area contributed by atoms with E-state index >= 15 is 0 Å². The molecular formula is C11H14O3. The Balaban J connectivity index is 1.71. The average Bonchev–Trinajstić information content (AvgIpc) is 2.57. The van der Waals surface area contributed by atoms with Crippen LogP contribution in [-0.4, -0.2) is 12.9 Å². The minimum atomic E-state index is 0.323. The second-order valence-corrected chi connectivity index (χ2v) is 3.71. The van der Waals surface area contributed by atoms with Crippen LogP contribution in [0.15, 0.2) is 16.5 Å². The minimum absolute atomic E-state index is 0.323. The van der Waals surface area contributed by atoms with Gasteiger partial charge in [-0.05, 0) is 18.4 Å². The molecular weight excluding hydrogens is 180 g/mol. The molecule has 0 N–H and O–H groups in total. The van der Waals surface area contributed by atoms with Crippen molar-refractivity contribution in [3.63, 3.8) is 0 Å². The molecule has 3 nitrogen and oxygen atoms in total. The van der Waals surface area contributed by atoms with Crippen LogP contribution in [0.25, 0.3) is 0 Å². The van der Waals surface area contributed by atoms with Gasteiger partial charge in [0.25, 0.3) is 5.95 Å². The Bertz CT molecular complexity index is 299. The molecule has 0 spiro atoms. The molecule has 1 heterocycles. The first-order valence-corrected chi connectivity index (χ1v) is 5.06. The van der Waals surface area contributed by atoms with E-state index in [0.29, 0.717) is 24.6 Å². The van der Waals surface area contributed by atoms with Crippen LogP contribution in [0.5, 0.6) is 5.95 Å². The third kappa shape index (κ3) is 2.16. The number of carbonyl (C=O) groups is 1. The molecule has 0 aromatic carbocycles. The van der Waals surface area contributed by atoms with Gasteiger partial charge < -0.3 is 9.15 Å². The number of hydrogen-bond donors (Lipinski definition) is 0. The molecule has 2 rings (SSSR count). The molecule has 0 amide bonds. The molecule has 1 aliphatic carbocycles. The molecule has 76 valence electrons.